The van der Waals surface area contributed by atoms with Crippen molar-refractivity contribution in [1.82, 2.24) is 10.3 Å². The van der Waals surface area contributed by atoms with Crippen LogP contribution in [0.4, 0.5) is 0 Å². The van der Waals surface area contributed by atoms with Crippen molar-refractivity contribution in [3.05, 3.63) is 59.6 Å². The molecule has 0 bridgehead atoms. The summed E-state index contributed by atoms with van der Waals surface area (Å²) in [4.78, 5) is 27.7. The molecule has 0 spiro atoms. The maximum atomic E-state index is 11.7. The maximum absolute atomic E-state index is 11.7. The number of hydrogen-bond donors (Lipinski definition) is 1. The topological polar surface area (TPSA) is 77.5 Å². The maximum Gasteiger partial charge on any atom is 0.325 e. The number of benzene rings is 2. The number of carbonyl (C=O) groups excluding carboxylic acids is 2. The summed E-state index contributed by atoms with van der Waals surface area (Å²) >= 11 is 1.47. The number of nitrogens with one attached hydrogen (secondary N) is 1. The molecule has 2 aromatic carbocycles. The number of esters is 1. The molecule has 0 aliphatic carbocycles. The van der Waals surface area contributed by atoms with Crippen LogP contribution in [-0.2, 0) is 20.9 Å². The van der Waals surface area contributed by atoms with Crippen LogP contribution >= 0.6 is 11.3 Å². The number of rotatable bonds is 7. The minimum Gasteiger partial charge on any atom is -0.484 e. The van der Waals surface area contributed by atoms with Crippen molar-refractivity contribution in [3.8, 4) is 5.75 Å². The fourth-order valence-corrected chi connectivity index (χ4v) is 2.94. The average Bonchev–Trinajstić information content (AvgIpc) is 3.07. The minimum absolute atomic E-state index is 0.0918. The summed E-state index contributed by atoms with van der Waals surface area (Å²) in [6.45, 7) is -0.272. The second-order valence-electron chi connectivity index (χ2n) is 5.11. The zero-order chi connectivity index (χ0) is 17.5. The van der Waals surface area contributed by atoms with Gasteiger partial charge in [-0.25, -0.2) is 4.98 Å². The molecule has 0 saturated heterocycles. The Balaban J connectivity index is 1.38. The fraction of sp³-hybridized carbons (Fsp3) is 0.167. The summed E-state index contributed by atoms with van der Waals surface area (Å²) in [6, 6.07) is 16.7. The molecule has 0 radical (unpaired) electrons. The third kappa shape index (κ3) is 5.02. The van der Waals surface area contributed by atoms with E-state index in [1.54, 1.807) is 12.1 Å². The summed E-state index contributed by atoms with van der Waals surface area (Å²) in [7, 11) is 0. The van der Waals surface area contributed by atoms with Crippen LogP contribution in [0.5, 0.6) is 5.75 Å². The molecule has 128 valence electrons. The molecule has 25 heavy (non-hydrogen) atoms. The first kappa shape index (κ1) is 16.9. The van der Waals surface area contributed by atoms with E-state index in [0.29, 0.717) is 10.8 Å². The first-order valence-corrected chi connectivity index (χ1v) is 8.47. The fourth-order valence-electron chi connectivity index (χ4n) is 2.06. The molecule has 7 heteroatoms. The predicted octanol–water partition coefficient (Wildman–Crippen LogP) is 2.53. The van der Waals surface area contributed by atoms with Crippen molar-refractivity contribution in [3.63, 3.8) is 0 Å². The molecule has 1 N–H and O–H groups in total. The van der Waals surface area contributed by atoms with Gasteiger partial charge in [-0.15, -0.1) is 11.3 Å². The Morgan fingerprint density at radius 1 is 1.04 bits per heavy atom. The van der Waals surface area contributed by atoms with E-state index in [4.69, 9.17) is 9.47 Å². The lowest BCUT2D eigenvalue weighted by Crippen LogP contribution is -2.34. The first-order valence-electron chi connectivity index (χ1n) is 7.65. The Morgan fingerprint density at radius 2 is 1.80 bits per heavy atom. The van der Waals surface area contributed by atoms with E-state index in [1.165, 1.54) is 11.3 Å². The molecular formula is C18H16N2O4S. The quantitative estimate of drug-likeness (QED) is 0.658. The van der Waals surface area contributed by atoms with Crippen LogP contribution in [0.1, 0.15) is 5.01 Å². The number of carbonyl (C=O) groups is 2. The Hall–Kier alpha value is -2.93. The van der Waals surface area contributed by atoms with Crippen LogP contribution < -0.4 is 10.1 Å². The van der Waals surface area contributed by atoms with Gasteiger partial charge in [-0.2, -0.15) is 0 Å². The second-order valence-corrected chi connectivity index (χ2v) is 6.23. The normalized spacial score (nSPS) is 10.4. The van der Waals surface area contributed by atoms with E-state index in [-0.39, 0.29) is 25.7 Å². The summed E-state index contributed by atoms with van der Waals surface area (Å²) in [6.07, 6.45) is 0. The zero-order valence-corrected chi connectivity index (χ0v) is 14.1. The van der Waals surface area contributed by atoms with Crippen molar-refractivity contribution in [1.29, 1.82) is 0 Å². The van der Waals surface area contributed by atoms with Crippen molar-refractivity contribution in [2.45, 2.75) is 6.61 Å². The monoisotopic (exact) mass is 356 g/mol. The van der Waals surface area contributed by atoms with Crippen molar-refractivity contribution < 1.29 is 19.1 Å². The molecule has 3 aromatic rings. The third-order valence-corrected chi connectivity index (χ3v) is 4.25. The van der Waals surface area contributed by atoms with Crippen molar-refractivity contribution >= 4 is 33.4 Å². The number of fused-ring (bicyclic) bond motifs is 1. The van der Waals surface area contributed by atoms with Gasteiger partial charge in [0.25, 0.3) is 5.91 Å². The Morgan fingerprint density at radius 3 is 2.60 bits per heavy atom. The smallest absolute Gasteiger partial charge is 0.325 e. The molecule has 0 aliphatic heterocycles. The molecule has 0 atom stereocenters. The highest BCUT2D eigenvalue weighted by Crippen LogP contribution is 2.21. The van der Waals surface area contributed by atoms with Gasteiger partial charge < -0.3 is 14.8 Å². The molecule has 1 amide bonds. The van der Waals surface area contributed by atoms with E-state index in [1.807, 2.05) is 42.5 Å². The number of ether oxygens (including phenoxy) is 2. The molecule has 1 heterocycles. The average molecular weight is 356 g/mol. The van der Waals surface area contributed by atoms with Crippen molar-refractivity contribution in [2.75, 3.05) is 13.2 Å². The van der Waals surface area contributed by atoms with Crippen LogP contribution in [0.2, 0.25) is 0 Å². The standard InChI is InChI=1S/C18H16N2O4S/c21-16(11-23-13-6-2-1-3-7-13)19-10-18(22)24-12-17-20-14-8-4-5-9-15(14)25-17/h1-9H,10-12H2,(H,19,21). The minimum atomic E-state index is -0.521. The van der Waals surface area contributed by atoms with Gasteiger partial charge in [0.05, 0.1) is 10.2 Å². The van der Waals surface area contributed by atoms with Gasteiger partial charge in [0, 0.05) is 0 Å². The van der Waals surface area contributed by atoms with Gasteiger partial charge >= 0.3 is 5.97 Å². The van der Waals surface area contributed by atoms with Crippen LogP contribution in [0.3, 0.4) is 0 Å². The highest BCUT2D eigenvalue weighted by molar-refractivity contribution is 7.18. The van der Waals surface area contributed by atoms with Crippen LogP contribution in [0.15, 0.2) is 54.6 Å². The highest BCUT2D eigenvalue weighted by atomic mass is 32.1. The molecule has 0 aliphatic rings. The SMILES string of the molecule is O=C(COc1ccccc1)NCC(=O)OCc1nc2ccccc2s1. The third-order valence-electron chi connectivity index (χ3n) is 3.24. The molecule has 0 fully saturated rings. The zero-order valence-electron chi connectivity index (χ0n) is 13.3. The Labute approximate surface area is 148 Å². The van der Waals surface area contributed by atoms with Crippen molar-refractivity contribution in [2.24, 2.45) is 0 Å². The summed E-state index contributed by atoms with van der Waals surface area (Å²) in [5.41, 5.74) is 0.880. The molecule has 0 unspecified atom stereocenters. The number of amides is 1. The predicted molar refractivity (Wildman–Crippen MR) is 94.4 cm³/mol. The number of aromatic nitrogens is 1. The number of para-hydroxylation sites is 2. The van der Waals surface area contributed by atoms with Gasteiger partial charge in [-0.3, -0.25) is 9.59 Å². The number of nitrogens with zero attached hydrogens (tertiary/aromatic N) is 1. The van der Waals surface area contributed by atoms with Crippen LogP contribution in [0.25, 0.3) is 10.2 Å². The second kappa shape index (κ2) is 8.25. The van der Waals surface area contributed by atoms with E-state index >= 15 is 0 Å². The molecule has 6 nitrogen and oxygen atoms in total. The molecular weight excluding hydrogens is 340 g/mol. The van der Waals surface area contributed by atoms with E-state index in [2.05, 4.69) is 10.3 Å². The van der Waals surface area contributed by atoms with Gasteiger partial charge in [-0.1, -0.05) is 30.3 Å². The number of hydrogen-bond acceptors (Lipinski definition) is 6. The van der Waals surface area contributed by atoms with E-state index in [9.17, 15) is 9.59 Å². The molecule has 1 aromatic heterocycles. The lowest BCUT2D eigenvalue weighted by Gasteiger charge is -2.07. The van der Waals surface area contributed by atoms with Gasteiger partial charge in [-0.05, 0) is 24.3 Å². The van der Waals surface area contributed by atoms with E-state index in [0.717, 1.165) is 10.2 Å². The lowest BCUT2D eigenvalue weighted by molar-refractivity contribution is -0.145. The summed E-state index contributed by atoms with van der Waals surface area (Å²) < 4.78 is 11.5. The van der Waals surface area contributed by atoms with Gasteiger partial charge in [0.15, 0.2) is 6.61 Å². The highest BCUT2D eigenvalue weighted by Gasteiger charge is 2.09. The summed E-state index contributed by atoms with van der Waals surface area (Å²) in [5, 5.41) is 3.18. The molecule has 0 saturated carbocycles. The first-order chi connectivity index (χ1) is 12.2. The van der Waals surface area contributed by atoms with Crippen LogP contribution in [-0.4, -0.2) is 30.0 Å². The Kier molecular flexibility index (Phi) is 5.58. The molecule has 3 rings (SSSR count). The largest absolute Gasteiger partial charge is 0.484 e. The van der Waals surface area contributed by atoms with Gasteiger partial charge in [0.1, 0.15) is 23.9 Å². The summed E-state index contributed by atoms with van der Waals surface area (Å²) in [5.74, 6) is -0.316. The lowest BCUT2D eigenvalue weighted by atomic mass is 10.3. The van der Waals surface area contributed by atoms with Gasteiger partial charge in [0.2, 0.25) is 0 Å². The van der Waals surface area contributed by atoms with Crippen LogP contribution in [0, 0.1) is 0 Å². The van der Waals surface area contributed by atoms with E-state index < -0.39 is 5.97 Å². The number of thiazole rings is 1. The Bertz CT molecular complexity index is 831.